The molecule has 0 saturated heterocycles. The normalized spacial score (nSPS) is 28.6. The van der Waals surface area contributed by atoms with Crippen LogP contribution in [0.5, 0.6) is 0 Å². The summed E-state index contributed by atoms with van der Waals surface area (Å²) in [4.78, 5) is 12.5. The van der Waals surface area contributed by atoms with E-state index in [2.05, 4.69) is 15.5 Å². The molecule has 150 valence electrons. The summed E-state index contributed by atoms with van der Waals surface area (Å²) in [5.41, 5.74) is 1.35. The number of amides is 1. The van der Waals surface area contributed by atoms with Crippen LogP contribution in [-0.4, -0.2) is 27.3 Å². The van der Waals surface area contributed by atoms with Gasteiger partial charge >= 0.3 is 0 Å². The minimum Gasteiger partial charge on any atom is -0.385 e. The number of benzene rings is 2. The number of rotatable bonds is 3. The lowest BCUT2D eigenvalue weighted by Crippen LogP contribution is -2.34. The van der Waals surface area contributed by atoms with Gasteiger partial charge in [0.2, 0.25) is 0 Å². The Kier molecular flexibility index (Phi) is 4.57. The second-order valence-electron chi connectivity index (χ2n) is 8.40. The van der Waals surface area contributed by atoms with Gasteiger partial charge in [-0.15, -0.1) is 0 Å². The number of nitrogens with zero attached hydrogens (tertiary/aromatic N) is 1. The molecule has 3 N–H and O–H groups in total. The molecule has 4 atom stereocenters. The van der Waals surface area contributed by atoms with Gasteiger partial charge in [-0.25, -0.2) is 0 Å². The third kappa shape index (κ3) is 3.41. The Hall–Kier alpha value is -2.08. The molecule has 1 aromatic heterocycles. The van der Waals surface area contributed by atoms with Gasteiger partial charge in [0.05, 0.1) is 17.3 Å². The minimum absolute atomic E-state index is 0.0947. The molecule has 1 heterocycles. The first-order valence-corrected chi connectivity index (χ1v) is 10.6. The monoisotopic (exact) mass is 429 g/mol. The maximum atomic E-state index is 12.5. The zero-order chi connectivity index (χ0) is 20.2. The predicted octanol–water partition coefficient (Wildman–Crippen LogP) is 4.68. The molecule has 0 unspecified atom stereocenters. The predicted molar refractivity (Wildman–Crippen MR) is 113 cm³/mol. The number of hydrogen-bond acceptors (Lipinski definition) is 3. The summed E-state index contributed by atoms with van der Waals surface area (Å²) in [6.07, 6.45) is 4.83. The Morgan fingerprint density at radius 2 is 1.90 bits per heavy atom. The van der Waals surface area contributed by atoms with Crippen molar-refractivity contribution in [2.75, 3.05) is 0 Å². The van der Waals surface area contributed by atoms with E-state index in [1.54, 1.807) is 30.5 Å². The topological polar surface area (TPSA) is 78.0 Å². The molecule has 0 radical (unpaired) electrons. The largest absolute Gasteiger partial charge is 0.385 e. The van der Waals surface area contributed by atoms with Crippen molar-refractivity contribution in [2.24, 2.45) is 11.8 Å². The van der Waals surface area contributed by atoms with Gasteiger partial charge < -0.3 is 10.4 Å². The molecule has 2 aliphatic rings. The van der Waals surface area contributed by atoms with Crippen molar-refractivity contribution in [1.29, 1.82) is 0 Å². The van der Waals surface area contributed by atoms with Gasteiger partial charge in [0, 0.05) is 27.0 Å². The fourth-order valence-corrected chi connectivity index (χ4v) is 5.71. The van der Waals surface area contributed by atoms with Crippen LogP contribution in [-0.2, 0) is 5.60 Å². The Morgan fingerprint density at radius 3 is 2.62 bits per heavy atom. The van der Waals surface area contributed by atoms with Gasteiger partial charge in [0.1, 0.15) is 0 Å². The number of carbonyl (C=O) groups is 1. The van der Waals surface area contributed by atoms with Crippen LogP contribution in [0, 0.1) is 11.8 Å². The molecule has 2 saturated carbocycles. The fourth-order valence-electron chi connectivity index (χ4n) is 5.30. The van der Waals surface area contributed by atoms with Crippen LogP contribution in [0.25, 0.3) is 10.9 Å². The van der Waals surface area contributed by atoms with Crippen LogP contribution in [0.3, 0.4) is 0 Å². The standard InChI is InChI=1S/C22H21Cl2N3O2/c23-15-3-1-2-12(4-15)21(28)26-17-5-13-9-22(29,10-14(13)6-17)19-7-16(24)8-20-18(19)11-25-27-20/h1-4,7-8,11,13-14,17,29H,5-6,9-10H2,(H,25,27)(H,26,28)/t13-,14+,17-,22+. The highest BCUT2D eigenvalue weighted by Crippen LogP contribution is 2.54. The van der Waals surface area contributed by atoms with Crippen molar-refractivity contribution < 1.29 is 9.90 Å². The average Bonchev–Trinajstić information content (AvgIpc) is 3.34. The van der Waals surface area contributed by atoms with Crippen molar-refractivity contribution in [3.8, 4) is 0 Å². The second kappa shape index (κ2) is 7.01. The number of hydrogen-bond donors (Lipinski definition) is 3. The maximum absolute atomic E-state index is 12.5. The molecule has 0 bridgehead atoms. The highest BCUT2D eigenvalue weighted by Gasteiger charge is 2.50. The summed E-state index contributed by atoms with van der Waals surface area (Å²) in [7, 11) is 0. The molecular weight excluding hydrogens is 409 g/mol. The van der Waals surface area contributed by atoms with E-state index in [4.69, 9.17) is 23.2 Å². The molecule has 29 heavy (non-hydrogen) atoms. The third-order valence-corrected chi connectivity index (χ3v) is 6.94. The summed E-state index contributed by atoms with van der Waals surface area (Å²) in [6.45, 7) is 0. The van der Waals surface area contributed by atoms with E-state index >= 15 is 0 Å². The maximum Gasteiger partial charge on any atom is 0.251 e. The van der Waals surface area contributed by atoms with Gasteiger partial charge in [0.25, 0.3) is 5.91 Å². The molecule has 2 fully saturated rings. The third-order valence-electron chi connectivity index (χ3n) is 6.49. The Balaban J connectivity index is 1.30. The zero-order valence-electron chi connectivity index (χ0n) is 15.7. The van der Waals surface area contributed by atoms with Gasteiger partial charge in [-0.2, -0.15) is 5.10 Å². The molecule has 2 aliphatic carbocycles. The lowest BCUT2D eigenvalue weighted by molar-refractivity contribution is 0.0357. The number of aliphatic hydroxyl groups is 1. The van der Waals surface area contributed by atoms with E-state index < -0.39 is 5.60 Å². The Labute approximate surface area is 178 Å². The second-order valence-corrected chi connectivity index (χ2v) is 9.27. The number of aromatic nitrogens is 2. The summed E-state index contributed by atoms with van der Waals surface area (Å²) >= 11 is 12.3. The number of H-pyrrole nitrogens is 1. The molecule has 0 spiro atoms. The number of nitrogens with one attached hydrogen (secondary N) is 2. The quantitative estimate of drug-likeness (QED) is 0.565. The summed E-state index contributed by atoms with van der Waals surface area (Å²) in [5, 5.41) is 23.7. The summed E-state index contributed by atoms with van der Waals surface area (Å²) in [5.74, 6) is 0.638. The van der Waals surface area contributed by atoms with E-state index in [1.165, 1.54) is 0 Å². The van der Waals surface area contributed by atoms with Crippen LogP contribution < -0.4 is 5.32 Å². The van der Waals surface area contributed by atoms with Crippen LogP contribution >= 0.6 is 23.2 Å². The van der Waals surface area contributed by atoms with Crippen molar-refractivity contribution >= 4 is 40.0 Å². The number of carbonyl (C=O) groups excluding carboxylic acids is 1. The van der Waals surface area contributed by atoms with Gasteiger partial charge in [-0.1, -0.05) is 29.3 Å². The molecule has 2 aromatic carbocycles. The molecule has 5 nitrogen and oxygen atoms in total. The SMILES string of the molecule is O=C(N[C@@H]1C[C@@H]2C[C@@](O)(c3cc(Cl)cc4[nH]ncc34)C[C@@H]2C1)c1cccc(Cl)c1. The summed E-state index contributed by atoms with van der Waals surface area (Å²) < 4.78 is 0. The Bertz CT molecular complexity index is 1080. The molecule has 5 rings (SSSR count). The van der Waals surface area contributed by atoms with E-state index in [9.17, 15) is 9.90 Å². The Morgan fingerprint density at radius 1 is 1.14 bits per heavy atom. The van der Waals surface area contributed by atoms with Crippen molar-refractivity contribution in [2.45, 2.75) is 37.3 Å². The zero-order valence-corrected chi connectivity index (χ0v) is 17.2. The van der Waals surface area contributed by atoms with E-state index in [0.29, 0.717) is 40.3 Å². The van der Waals surface area contributed by atoms with Gasteiger partial charge in [-0.3, -0.25) is 9.89 Å². The average molecular weight is 430 g/mol. The van der Waals surface area contributed by atoms with Crippen LogP contribution in [0.2, 0.25) is 10.0 Å². The molecule has 0 aliphatic heterocycles. The molecule has 3 aromatic rings. The van der Waals surface area contributed by atoms with E-state index in [1.807, 2.05) is 12.1 Å². The smallest absolute Gasteiger partial charge is 0.251 e. The molecular formula is C22H21Cl2N3O2. The lowest BCUT2D eigenvalue weighted by Gasteiger charge is -2.26. The number of halogens is 2. The first-order valence-electron chi connectivity index (χ1n) is 9.83. The minimum atomic E-state index is -0.912. The number of aromatic amines is 1. The van der Waals surface area contributed by atoms with Gasteiger partial charge in [-0.05, 0) is 73.4 Å². The lowest BCUT2D eigenvalue weighted by atomic mass is 9.87. The highest BCUT2D eigenvalue weighted by atomic mass is 35.5. The van der Waals surface area contributed by atoms with E-state index in [-0.39, 0.29) is 11.9 Å². The highest BCUT2D eigenvalue weighted by molar-refractivity contribution is 6.31. The van der Waals surface area contributed by atoms with Crippen molar-refractivity contribution in [1.82, 2.24) is 15.5 Å². The van der Waals surface area contributed by atoms with Crippen molar-refractivity contribution in [3.05, 3.63) is 63.8 Å². The molecule has 7 heteroatoms. The van der Waals surface area contributed by atoms with Crippen LogP contribution in [0.1, 0.15) is 41.6 Å². The first-order chi connectivity index (χ1) is 13.9. The summed E-state index contributed by atoms with van der Waals surface area (Å²) in [6, 6.07) is 10.8. The molecule has 1 amide bonds. The number of fused-ring (bicyclic) bond motifs is 2. The first kappa shape index (κ1) is 18.9. The van der Waals surface area contributed by atoms with E-state index in [0.717, 1.165) is 29.3 Å². The van der Waals surface area contributed by atoms with Crippen LogP contribution in [0.15, 0.2) is 42.6 Å². The van der Waals surface area contributed by atoms with Gasteiger partial charge in [0.15, 0.2) is 0 Å². The van der Waals surface area contributed by atoms with Crippen LogP contribution in [0.4, 0.5) is 0 Å². The van der Waals surface area contributed by atoms with Crippen molar-refractivity contribution in [3.63, 3.8) is 0 Å². The fraction of sp³-hybridized carbons (Fsp3) is 0.364.